The van der Waals surface area contributed by atoms with Crippen LogP contribution < -0.4 is 4.90 Å². The van der Waals surface area contributed by atoms with Crippen LogP contribution in [-0.2, 0) is 25.5 Å². The van der Waals surface area contributed by atoms with Gasteiger partial charge in [0, 0.05) is 11.3 Å². The van der Waals surface area contributed by atoms with Crippen LogP contribution in [0.1, 0.15) is 53.3 Å². The lowest BCUT2D eigenvalue weighted by atomic mass is 9.93. The van der Waals surface area contributed by atoms with Gasteiger partial charge in [-0.25, -0.2) is 0 Å². The molecule has 0 aliphatic carbocycles. The molecule has 6 heteroatoms. The third kappa shape index (κ3) is 5.33. The summed E-state index contributed by atoms with van der Waals surface area (Å²) >= 11 is 0. The number of hydrogen-bond donors (Lipinski definition) is 1. The number of ether oxygens (including phenoxy) is 1. The van der Waals surface area contributed by atoms with Crippen LogP contribution in [0.3, 0.4) is 0 Å². The minimum atomic E-state index is -0.807. The number of anilines is 1. The lowest BCUT2D eigenvalue weighted by Gasteiger charge is -2.26. The van der Waals surface area contributed by atoms with Crippen molar-refractivity contribution in [3.63, 3.8) is 0 Å². The van der Waals surface area contributed by atoms with Crippen LogP contribution in [0.2, 0.25) is 0 Å². The lowest BCUT2D eigenvalue weighted by Crippen LogP contribution is -2.29. The molecule has 1 amide bonds. The molecular weight excluding hydrogens is 466 g/mol. The van der Waals surface area contributed by atoms with Gasteiger partial charge in [-0.1, -0.05) is 54.1 Å². The maximum Gasteiger partial charge on any atom is 0.310 e. The summed E-state index contributed by atoms with van der Waals surface area (Å²) in [7, 11) is 0. The number of aliphatic hydroxyl groups excluding tert-OH is 1. The largest absolute Gasteiger partial charge is 0.507 e. The molecule has 1 aliphatic rings. The van der Waals surface area contributed by atoms with E-state index in [4.69, 9.17) is 4.74 Å². The van der Waals surface area contributed by atoms with Crippen molar-refractivity contribution in [2.45, 2.75) is 53.2 Å². The van der Waals surface area contributed by atoms with Crippen molar-refractivity contribution in [1.82, 2.24) is 0 Å². The molecule has 1 saturated heterocycles. The fourth-order valence-electron chi connectivity index (χ4n) is 4.54. The fourth-order valence-corrected chi connectivity index (χ4v) is 4.54. The molecule has 0 radical (unpaired) electrons. The molecule has 3 aromatic rings. The van der Waals surface area contributed by atoms with E-state index in [1.165, 1.54) is 4.90 Å². The Bertz CT molecular complexity index is 1400. The van der Waals surface area contributed by atoms with Gasteiger partial charge in [0.25, 0.3) is 11.7 Å². The highest BCUT2D eigenvalue weighted by Crippen LogP contribution is 2.42. The summed E-state index contributed by atoms with van der Waals surface area (Å²) in [5, 5.41) is 11.3. The molecular formula is C31H31NO5. The molecule has 1 atom stereocenters. The molecule has 1 fully saturated rings. The molecule has 0 bridgehead atoms. The Kier molecular flexibility index (Phi) is 7.30. The summed E-state index contributed by atoms with van der Waals surface area (Å²) in [4.78, 5) is 40.2. The van der Waals surface area contributed by atoms with E-state index in [1.54, 1.807) is 44.2 Å². The molecule has 37 heavy (non-hydrogen) atoms. The van der Waals surface area contributed by atoms with Crippen molar-refractivity contribution in [3.05, 3.63) is 106 Å². The zero-order valence-corrected chi connectivity index (χ0v) is 21.7. The molecule has 4 rings (SSSR count). The van der Waals surface area contributed by atoms with E-state index in [2.05, 4.69) is 0 Å². The zero-order valence-electron chi connectivity index (χ0n) is 21.7. The van der Waals surface area contributed by atoms with Crippen LogP contribution in [-0.4, -0.2) is 28.9 Å². The van der Waals surface area contributed by atoms with Crippen LogP contribution in [0.15, 0.2) is 72.3 Å². The minimum absolute atomic E-state index is 0.0449. The van der Waals surface area contributed by atoms with Gasteiger partial charge in [-0.15, -0.1) is 0 Å². The number of Topliss-reactive ketones (excluding diaryl/α,β-unsaturated/α-hetero) is 1. The second-order valence-corrected chi connectivity index (χ2v) is 9.76. The first-order valence-corrected chi connectivity index (χ1v) is 12.3. The maximum atomic E-state index is 13.4. The number of carbonyl (C=O) groups excluding carboxylic acids is 3. The highest BCUT2D eigenvalue weighted by Gasteiger charge is 2.47. The third-order valence-corrected chi connectivity index (χ3v) is 6.51. The standard InChI is InChI=1S/C31H31NO5/c1-18(2)37-26(33)17-22-10-13-25(14-11-22)32-28(23-8-6-7-19(3)15-23)27(30(35)31(32)36)29(34)24-12-9-20(4)21(5)16-24/h6-16,18,28,34H,17H2,1-5H3/b29-27-. The highest BCUT2D eigenvalue weighted by atomic mass is 16.5. The van der Waals surface area contributed by atoms with Crippen LogP contribution in [0.5, 0.6) is 0 Å². The average molecular weight is 498 g/mol. The topological polar surface area (TPSA) is 83.9 Å². The summed E-state index contributed by atoms with van der Waals surface area (Å²) in [6.07, 6.45) is -0.101. The quantitative estimate of drug-likeness (QED) is 0.203. The number of hydrogen-bond acceptors (Lipinski definition) is 5. The molecule has 1 aliphatic heterocycles. The number of benzene rings is 3. The first-order valence-electron chi connectivity index (χ1n) is 12.3. The highest BCUT2D eigenvalue weighted by molar-refractivity contribution is 6.51. The summed E-state index contributed by atoms with van der Waals surface area (Å²) < 4.78 is 5.22. The molecule has 1 heterocycles. The number of nitrogens with zero attached hydrogens (tertiary/aromatic N) is 1. The Morgan fingerprint density at radius 1 is 0.946 bits per heavy atom. The van der Waals surface area contributed by atoms with E-state index in [0.717, 1.165) is 22.3 Å². The Morgan fingerprint density at radius 3 is 2.27 bits per heavy atom. The Labute approximate surface area is 217 Å². The first kappa shape index (κ1) is 25.9. The van der Waals surface area contributed by atoms with E-state index in [-0.39, 0.29) is 29.8 Å². The van der Waals surface area contributed by atoms with Crippen molar-refractivity contribution in [2.75, 3.05) is 4.90 Å². The number of aliphatic hydroxyl groups is 1. The van der Waals surface area contributed by atoms with Gasteiger partial charge in [-0.3, -0.25) is 19.3 Å². The molecule has 0 spiro atoms. The zero-order chi connectivity index (χ0) is 26.9. The number of amides is 1. The predicted octanol–water partition coefficient (Wildman–Crippen LogP) is 5.73. The van der Waals surface area contributed by atoms with E-state index in [1.807, 2.05) is 57.2 Å². The molecule has 6 nitrogen and oxygen atoms in total. The summed E-state index contributed by atoms with van der Waals surface area (Å²) in [6.45, 7) is 9.42. The SMILES string of the molecule is Cc1cccc(C2/C(=C(/O)c3ccc(C)c(C)c3)C(=O)C(=O)N2c2ccc(CC(=O)OC(C)C)cc2)c1. The van der Waals surface area contributed by atoms with Gasteiger partial charge >= 0.3 is 5.97 Å². The van der Waals surface area contributed by atoms with Crippen LogP contribution in [0, 0.1) is 20.8 Å². The van der Waals surface area contributed by atoms with Crippen LogP contribution in [0.4, 0.5) is 5.69 Å². The van der Waals surface area contributed by atoms with Gasteiger partial charge < -0.3 is 9.84 Å². The Balaban J connectivity index is 1.80. The van der Waals surface area contributed by atoms with Crippen molar-refractivity contribution in [2.24, 2.45) is 0 Å². The minimum Gasteiger partial charge on any atom is -0.507 e. The van der Waals surface area contributed by atoms with Gasteiger partial charge in [0.05, 0.1) is 24.1 Å². The first-order chi connectivity index (χ1) is 17.6. The number of carbonyl (C=O) groups is 3. The van der Waals surface area contributed by atoms with Gasteiger partial charge in [-0.2, -0.15) is 0 Å². The summed E-state index contributed by atoms with van der Waals surface area (Å²) in [6, 6.07) is 19.1. The predicted molar refractivity (Wildman–Crippen MR) is 143 cm³/mol. The molecule has 190 valence electrons. The van der Waals surface area contributed by atoms with Gasteiger partial charge in [-0.05, 0) is 75.1 Å². The second-order valence-electron chi connectivity index (χ2n) is 9.76. The van der Waals surface area contributed by atoms with Crippen LogP contribution >= 0.6 is 0 Å². The van der Waals surface area contributed by atoms with Crippen molar-refractivity contribution in [3.8, 4) is 0 Å². The van der Waals surface area contributed by atoms with Crippen molar-refractivity contribution >= 4 is 29.1 Å². The molecule has 0 aromatic heterocycles. The van der Waals surface area contributed by atoms with Crippen molar-refractivity contribution < 1.29 is 24.2 Å². The maximum absolute atomic E-state index is 13.4. The fraction of sp³-hybridized carbons (Fsp3) is 0.258. The Morgan fingerprint density at radius 2 is 1.65 bits per heavy atom. The third-order valence-electron chi connectivity index (χ3n) is 6.51. The summed E-state index contributed by atoms with van der Waals surface area (Å²) in [5.41, 5.74) is 5.46. The monoisotopic (exact) mass is 497 g/mol. The number of aryl methyl sites for hydroxylation is 3. The van der Waals surface area contributed by atoms with E-state index < -0.39 is 17.7 Å². The molecule has 3 aromatic carbocycles. The van der Waals surface area contributed by atoms with E-state index >= 15 is 0 Å². The number of rotatable bonds is 6. The van der Waals surface area contributed by atoms with Gasteiger partial charge in [0.15, 0.2) is 0 Å². The van der Waals surface area contributed by atoms with Gasteiger partial charge in [0.1, 0.15) is 5.76 Å². The lowest BCUT2D eigenvalue weighted by molar-refractivity contribution is -0.146. The number of ketones is 1. The molecule has 1 N–H and O–H groups in total. The number of esters is 1. The van der Waals surface area contributed by atoms with E-state index in [9.17, 15) is 19.5 Å². The Hall–Kier alpha value is -4.19. The van der Waals surface area contributed by atoms with Gasteiger partial charge in [0.2, 0.25) is 0 Å². The summed E-state index contributed by atoms with van der Waals surface area (Å²) in [5.74, 6) is -2.00. The average Bonchev–Trinajstić information content (AvgIpc) is 3.11. The second kappa shape index (κ2) is 10.4. The van der Waals surface area contributed by atoms with Crippen LogP contribution in [0.25, 0.3) is 5.76 Å². The van der Waals surface area contributed by atoms with E-state index in [0.29, 0.717) is 16.8 Å². The normalized spacial score (nSPS) is 16.9. The smallest absolute Gasteiger partial charge is 0.310 e. The van der Waals surface area contributed by atoms with Crippen molar-refractivity contribution in [1.29, 1.82) is 0 Å². The molecule has 1 unspecified atom stereocenters. The molecule has 0 saturated carbocycles.